The molecule has 136 valence electrons. The second-order valence-corrected chi connectivity index (χ2v) is 6.62. The van der Waals surface area contributed by atoms with Crippen LogP contribution in [0.25, 0.3) is 21.8 Å². The Morgan fingerprint density at radius 2 is 1.00 bits per heavy atom. The molecule has 2 heterocycles. The van der Waals surface area contributed by atoms with Gasteiger partial charge in [0.2, 0.25) is 0 Å². The van der Waals surface area contributed by atoms with Gasteiger partial charge in [-0.3, -0.25) is 9.97 Å². The molecule has 2 aromatic carbocycles. The highest BCUT2D eigenvalue weighted by Gasteiger charge is 2.04. The molecule has 4 nitrogen and oxygen atoms in total. The molecular formula is C22H24MgN2O2. The number of aryl methyl sites for hydroxylation is 4. The van der Waals surface area contributed by atoms with E-state index < -0.39 is 0 Å². The van der Waals surface area contributed by atoms with Crippen molar-refractivity contribution in [3.05, 3.63) is 71.0 Å². The first-order valence-corrected chi connectivity index (χ1v) is 8.46. The number of aromatic hydroxyl groups is 2. The van der Waals surface area contributed by atoms with Gasteiger partial charge in [-0.2, -0.15) is 0 Å². The van der Waals surface area contributed by atoms with Crippen LogP contribution in [0.3, 0.4) is 0 Å². The van der Waals surface area contributed by atoms with Crippen molar-refractivity contribution < 1.29 is 10.2 Å². The summed E-state index contributed by atoms with van der Waals surface area (Å²) in [4.78, 5) is 8.27. The number of aromatic nitrogens is 2. The van der Waals surface area contributed by atoms with Gasteiger partial charge >= 0.3 is 23.1 Å². The quantitative estimate of drug-likeness (QED) is 0.454. The zero-order valence-electron chi connectivity index (χ0n) is 15.4. The maximum atomic E-state index is 9.61. The fourth-order valence-corrected chi connectivity index (χ4v) is 3.02. The molecule has 0 spiro atoms. The smallest absolute Gasteiger partial charge is 0.316 e. The standard InChI is InChI=1S/2C11H11NO.Mg.2H/c2*1-7-5-9-8(2)3-4-12-11(9)10(13)6-7;;;/h2*3-6,13H,1-2H3;;;. The van der Waals surface area contributed by atoms with Gasteiger partial charge in [-0.25, -0.2) is 0 Å². The van der Waals surface area contributed by atoms with Crippen LogP contribution in [0.4, 0.5) is 0 Å². The Hall–Kier alpha value is -2.37. The molecule has 0 radical (unpaired) electrons. The van der Waals surface area contributed by atoms with Gasteiger partial charge in [0.1, 0.15) is 22.5 Å². The van der Waals surface area contributed by atoms with Crippen molar-refractivity contribution >= 4 is 44.9 Å². The molecule has 0 atom stereocenters. The zero-order chi connectivity index (χ0) is 18.8. The second kappa shape index (κ2) is 8.54. The molecule has 0 bridgehead atoms. The summed E-state index contributed by atoms with van der Waals surface area (Å²) in [7, 11) is 0. The lowest BCUT2D eigenvalue weighted by molar-refractivity contribution is 0.479. The first-order valence-electron chi connectivity index (χ1n) is 8.46. The van der Waals surface area contributed by atoms with Crippen LogP contribution in [0.2, 0.25) is 0 Å². The highest BCUT2D eigenvalue weighted by molar-refractivity contribution is 5.88. The third-order valence-electron chi connectivity index (χ3n) is 4.37. The fraction of sp³-hybridized carbons (Fsp3) is 0.182. The summed E-state index contributed by atoms with van der Waals surface area (Å²) in [6.45, 7) is 7.96. The minimum absolute atomic E-state index is 0. The molecule has 27 heavy (non-hydrogen) atoms. The summed E-state index contributed by atoms with van der Waals surface area (Å²) in [5.41, 5.74) is 5.77. The Balaban J connectivity index is 0.000000187. The van der Waals surface area contributed by atoms with Crippen molar-refractivity contribution in [1.82, 2.24) is 9.97 Å². The van der Waals surface area contributed by atoms with E-state index in [1.165, 1.54) is 0 Å². The van der Waals surface area contributed by atoms with Gasteiger partial charge < -0.3 is 10.2 Å². The van der Waals surface area contributed by atoms with E-state index in [1.54, 1.807) is 24.5 Å². The van der Waals surface area contributed by atoms with Gasteiger partial charge in [0.05, 0.1) is 0 Å². The lowest BCUT2D eigenvalue weighted by Gasteiger charge is -2.04. The minimum Gasteiger partial charge on any atom is -0.506 e. The molecule has 2 aromatic heterocycles. The Labute approximate surface area is 175 Å². The normalized spacial score (nSPS) is 10.2. The van der Waals surface area contributed by atoms with Gasteiger partial charge in [-0.05, 0) is 86.3 Å². The fourth-order valence-electron chi connectivity index (χ4n) is 3.02. The summed E-state index contributed by atoms with van der Waals surface area (Å²) in [5, 5.41) is 21.3. The first-order chi connectivity index (χ1) is 12.4. The lowest BCUT2D eigenvalue weighted by atomic mass is 10.1. The summed E-state index contributed by atoms with van der Waals surface area (Å²) in [6, 6.07) is 11.4. The van der Waals surface area contributed by atoms with Gasteiger partial charge in [-0.15, -0.1) is 0 Å². The lowest BCUT2D eigenvalue weighted by Crippen LogP contribution is -1.84. The second-order valence-electron chi connectivity index (χ2n) is 6.62. The van der Waals surface area contributed by atoms with Gasteiger partial charge in [-0.1, -0.05) is 0 Å². The Kier molecular flexibility index (Phi) is 6.62. The van der Waals surface area contributed by atoms with E-state index in [2.05, 4.69) is 9.97 Å². The van der Waals surface area contributed by atoms with Crippen LogP contribution in [0.1, 0.15) is 22.3 Å². The number of rotatable bonds is 0. The molecule has 0 aliphatic carbocycles. The van der Waals surface area contributed by atoms with Crippen molar-refractivity contribution in [2.45, 2.75) is 27.7 Å². The highest BCUT2D eigenvalue weighted by Crippen LogP contribution is 2.27. The number of phenols is 2. The van der Waals surface area contributed by atoms with Gasteiger partial charge in [0, 0.05) is 23.2 Å². The summed E-state index contributed by atoms with van der Waals surface area (Å²) >= 11 is 0. The molecule has 0 saturated heterocycles. The van der Waals surface area contributed by atoms with Crippen LogP contribution >= 0.6 is 0 Å². The van der Waals surface area contributed by atoms with E-state index in [0.29, 0.717) is 11.0 Å². The average Bonchev–Trinajstić information content (AvgIpc) is 2.57. The Morgan fingerprint density at radius 3 is 1.37 bits per heavy atom. The van der Waals surface area contributed by atoms with E-state index in [0.717, 1.165) is 33.0 Å². The number of phenolic OH excluding ortho intramolecular Hbond substituents is 2. The Bertz CT molecular complexity index is 1020. The van der Waals surface area contributed by atoms with E-state index in [9.17, 15) is 10.2 Å². The SMILES string of the molecule is Cc1cc(O)c2nccc(C)c2c1.Cc1cc(O)c2nccc(C)c2c1.[MgH2]. The molecule has 4 rings (SSSR count). The zero-order valence-corrected chi connectivity index (χ0v) is 15.4. The average molecular weight is 373 g/mol. The number of pyridine rings is 2. The third-order valence-corrected chi connectivity index (χ3v) is 4.37. The topological polar surface area (TPSA) is 66.2 Å². The van der Waals surface area contributed by atoms with Crippen molar-refractivity contribution in [2.75, 3.05) is 0 Å². The van der Waals surface area contributed by atoms with Crippen LogP contribution in [-0.4, -0.2) is 43.2 Å². The highest BCUT2D eigenvalue weighted by atomic mass is 24.3. The van der Waals surface area contributed by atoms with Crippen LogP contribution in [-0.2, 0) is 0 Å². The van der Waals surface area contributed by atoms with E-state index in [-0.39, 0.29) is 34.6 Å². The van der Waals surface area contributed by atoms with Crippen molar-refractivity contribution in [3.63, 3.8) is 0 Å². The molecule has 0 aliphatic heterocycles. The number of nitrogens with zero attached hydrogens (tertiary/aromatic N) is 2. The van der Waals surface area contributed by atoms with Crippen LogP contribution in [0.15, 0.2) is 48.8 Å². The van der Waals surface area contributed by atoms with E-state index >= 15 is 0 Å². The number of hydrogen-bond acceptors (Lipinski definition) is 4. The first kappa shape index (κ1) is 20.9. The maximum absolute atomic E-state index is 9.61. The van der Waals surface area contributed by atoms with Crippen LogP contribution in [0.5, 0.6) is 11.5 Å². The number of fused-ring (bicyclic) bond motifs is 2. The Morgan fingerprint density at radius 1 is 0.630 bits per heavy atom. The molecular weight excluding hydrogens is 349 g/mol. The molecule has 0 unspecified atom stereocenters. The predicted octanol–water partition coefficient (Wildman–Crippen LogP) is 4.20. The monoisotopic (exact) mass is 372 g/mol. The molecule has 2 N–H and O–H groups in total. The molecule has 5 heteroatoms. The molecule has 0 amide bonds. The minimum atomic E-state index is 0. The van der Waals surface area contributed by atoms with Crippen LogP contribution in [0, 0.1) is 27.7 Å². The van der Waals surface area contributed by atoms with E-state index in [4.69, 9.17) is 0 Å². The molecule has 0 saturated carbocycles. The van der Waals surface area contributed by atoms with Crippen molar-refractivity contribution in [2.24, 2.45) is 0 Å². The van der Waals surface area contributed by atoms with Gasteiger partial charge in [0.25, 0.3) is 0 Å². The third kappa shape index (κ3) is 4.49. The van der Waals surface area contributed by atoms with E-state index in [1.807, 2.05) is 52.0 Å². The molecule has 4 aromatic rings. The van der Waals surface area contributed by atoms with Crippen LogP contribution < -0.4 is 0 Å². The largest absolute Gasteiger partial charge is 0.506 e. The molecule has 0 fully saturated rings. The molecule has 0 aliphatic rings. The van der Waals surface area contributed by atoms with Crippen molar-refractivity contribution in [1.29, 1.82) is 0 Å². The van der Waals surface area contributed by atoms with Crippen molar-refractivity contribution in [3.8, 4) is 11.5 Å². The number of benzene rings is 2. The summed E-state index contributed by atoms with van der Waals surface area (Å²) in [5.74, 6) is 0.525. The maximum Gasteiger partial charge on any atom is 0.316 e. The summed E-state index contributed by atoms with van der Waals surface area (Å²) in [6.07, 6.45) is 3.43. The predicted molar refractivity (Wildman–Crippen MR) is 114 cm³/mol. The number of hydrogen-bond donors (Lipinski definition) is 2. The van der Waals surface area contributed by atoms with Gasteiger partial charge in [0.15, 0.2) is 0 Å². The summed E-state index contributed by atoms with van der Waals surface area (Å²) < 4.78 is 0.